The summed E-state index contributed by atoms with van der Waals surface area (Å²) in [4.78, 5) is 13.6. The zero-order valence-corrected chi connectivity index (χ0v) is 22.9. The van der Waals surface area contributed by atoms with Crippen LogP contribution in [0.2, 0.25) is 0 Å². The van der Waals surface area contributed by atoms with E-state index in [9.17, 15) is 4.79 Å². The van der Waals surface area contributed by atoms with Gasteiger partial charge in [0.05, 0.1) is 12.5 Å². The van der Waals surface area contributed by atoms with Gasteiger partial charge in [0.1, 0.15) is 0 Å². The third kappa shape index (κ3) is 2.82. The second kappa shape index (κ2) is 7.36. The van der Waals surface area contributed by atoms with Crippen molar-refractivity contribution in [3.8, 4) is 0 Å². The summed E-state index contributed by atoms with van der Waals surface area (Å²) in [5.74, 6) is 3.08. The summed E-state index contributed by atoms with van der Waals surface area (Å²) in [5, 5.41) is 0. The molecule has 0 aromatic rings. The van der Waals surface area contributed by atoms with Crippen molar-refractivity contribution >= 4 is 5.97 Å². The third-order valence-electron chi connectivity index (χ3n) is 13.1. The zero-order chi connectivity index (χ0) is 24.0. The summed E-state index contributed by atoms with van der Waals surface area (Å²) < 4.78 is 5.59. The van der Waals surface area contributed by atoms with Gasteiger partial charge in [0.25, 0.3) is 0 Å². The molecule has 0 radical (unpaired) electrons. The van der Waals surface area contributed by atoms with E-state index in [0.717, 1.165) is 18.8 Å². The van der Waals surface area contributed by atoms with Gasteiger partial charge >= 0.3 is 5.97 Å². The number of hydrogen-bond donors (Lipinski definition) is 0. The minimum atomic E-state index is -0.267. The Morgan fingerprint density at radius 2 is 1.61 bits per heavy atom. The molecule has 4 fully saturated rings. The van der Waals surface area contributed by atoms with Crippen LogP contribution in [0.1, 0.15) is 113 Å². The van der Waals surface area contributed by atoms with E-state index in [2.05, 4.69) is 54.5 Å². The molecule has 0 saturated heterocycles. The molecule has 0 heterocycles. The van der Waals surface area contributed by atoms with Gasteiger partial charge in [-0.15, -0.1) is 0 Å². The lowest BCUT2D eigenvalue weighted by Gasteiger charge is -2.68. The molecule has 5 rings (SSSR count). The molecule has 2 nitrogen and oxygen atoms in total. The van der Waals surface area contributed by atoms with Crippen LogP contribution in [0, 0.1) is 56.7 Å². The van der Waals surface area contributed by atoms with Crippen LogP contribution >= 0.6 is 0 Å². The molecule has 0 aromatic heterocycles. The Labute approximate surface area is 203 Å². The number of carbonyl (C=O) groups is 1. The van der Waals surface area contributed by atoms with Crippen LogP contribution in [0.3, 0.4) is 0 Å². The fraction of sp³-hybridized carbons (Fsp3) is 0.903. The number of esters is 1. The van der Waals surface area contributed by atoms with E-state index in [4.69, 9.17) is 4.74 Å². The van der Waals surface area contributed by atoms with Crippen molar-refractivity contribution in [1.82, 2.24) is 0 Å². The van der Waals surface area contributed by atoms with Gasteiger partial charge in [0.2, 0.25) is 0 Å². The van der Waals surface area contributed by atoms with Crippen molar-refractivity contribution in [2.75, 3.05) is 7.11 Å². The maximum absolute atomic E-state index is 13.6. The first-order valence-electron chi connectivity index (χ1n) is 14.2. The standard InChI is InChI=1S/C31H50O2/c1-20(2)21-10-13-25-30(7)17-14-22-23(29(30,6)18-19-31(21,25)26(32)33-8)11-12-24-27(3,4)15-9-16-28(22,24)5/h14,20-21,23-25H,9-13,15-19H2,1-8H3/t21-,23?,24+,25+,28-,29-,30+,31+/m1/s1. The number of carbonyl (C=O) groups excluding carboxylic acids is 1. The lowest BCUT2D eigenvalue weighted by molar-refractivity contribution is -0.192. The number of hydrogen-bond acceptors (Lipinski definition) is 2. The first kappa shape index (κ1) is 23.9. The Hall–Kier alpha value is -0.790. The van der Waals surface area contributed by atoms with E-state index in [1.54, 1.807) is 7.11 Å². The molecule has 0 bridgehead atoms. The van der Waals surface area contributed by atoms with Crippen LogP contribution in [0.25, 0.3) is 0 Å². The van der Waals surface area contributed by atoms with Gasteiger partial charge in [-0.2, -0.15) is 0 Å². The molecule has 2 heteroatoms. The smallest absolute Gasteiger partial charge is 0.312 e. The number of ether oxygens (including phenoxy) is 1. The molecule has 8 atom stereocenters. The number of rotatable bonds is 2. The second-order valence-electron chi connectivity index (χ2n) is 14.7. The Balaban J connectivity index is 1.59. The highest BCUT2D eigenvalue weighted by molar-refractivity contribution is 5.78. The lowest BCUT2D eigenvalue weighted by atomic mass is 9.35. The van der Waals surface area contributed by atoms with Crippen LogP contribution < -0.4 is 0 Å². The van der Waals surface area contributed by atoms with E-state index in [1.807, 2.05) is 5.57 Å². The molecule has 5 aliphatic carbocycles. The lowest BCUT2D eigenvalue weighted by Crippen LogP contribution is -2.63. The Bertz CT molecular complexity index is 853. The molecular formula is C31H50O2. The summed E-state index contributed by atoms with van der Waals surface area (Å²) in [5.41, 5.74) is 2.88. The number of fused-ring (bicyclic) bond motifs is 7. The fourth-order valence-electron chi connectivity index (χ4n) is 11.4. The third-order valence-corrected chi connectivity index (χ3v) is 13.1. The zero-order valence-electron chi connectivity index (χ0n) is 22.9. The van der Waals surface area contributed by atoms with Crippen molar-refractivity contribution < 1.29 is 9.53 Å². The number of methoxy groups -OCH3 is 1. The SMILES string of the molecule is COC(=O)[C@]12CC[C@]3(C)C4CC[C@H]5C(C)(C)CCC[C@]5(C)C4=CC[C@@]3(C)[C@@H]1CC[C@@H]2C(C)C. The van der Waals surface area contributed by atoms with Gasteiger partial charge in [0, 0.05) is 0 Å². The van der Waals surface area contributed by atoms with Crippen molar-refractivity contribution in [2.45, 2.75) is 113 Å². The highest BCUT2D eigenvalue weighted by Crippen LogP contribution is 2.76. The molecule has 5 aliphatic rings. The van der Waals surface area contributed by atoms with E-state index < -0.39 is 0 Å². The topological polar surface area (TPSA) is 26.3 Å². The highest BCUT2D eigenvalue weighted by atomic mass is 16.5. The molecule has 0 spiro atoms. The maximum atomic E-state index is 13.6. The van der Waals surface area contributed by atoms with Crippen LogP contribution in [0.4, 0.5) is 0 Å². The van der Waals surface area contributed by atoms with Gasteiger partial charge in [-0.1, -0.05) is 66.5 Å². The van der Waals surface area contributed by atoms with Gasteiger partial charge < -0.3 is 4.74 Å². The second-order valence-corrected chi connectivity index (χ2v) is 14.7. The normalized spacial score (nSPS) is 50.5. The molecule has 33 heavy (non-hydrogen) atoms. The summed E-state index contributed by atoms with van der Waals surface area (Å²) in [6, 6.07) is 0. The first-order chi connectivity index (χ1) is 15.4. The van der Waals surface area contributed by atoms with Crippen molar-refractivity contribution in [3.63, 3.8) is 0 Å². The first-order valence-corrected chi connectivity index (χ1v) is 14.2. The molecule has 0 aromatic carbocycles. The average molecular weight is 455 g/mol. The van der Waals surface area contributed by atoms with E-state index in [1.165, 1.54) is 51.4 Å². The summed E-state index contributed by atoms with van der Waals surface area (Å²) in [7, 11) is 1.63. The molecule has 186 valence electrons. The monoisotopic (exact) mass is 454 g/mol. The van der Waals surface area contributed by atoms with E-state index >= 15 is 0 Å². The van der Waals surface area contributed by atoms with Gasteiger partial charge in [-0.25, -0.2) is 0 Å². The maximum Gasteiger partial charge on any atom is 0.312 e. The quantitative estimate of drug-likeness (QED) is 0.310. The minimum absolute atomic E-state index is 0.103. The van der Waals surface area contributed by atoms with Crippen LogP contribution in [-0.2, 0) is 9.53 Å². The van der Waals surface area contributed by atoms with Crippen molar-refractivity contribution in [2.24, 2.45) is 56.7 Å². The van der Waals surface area contributed by atoms with Crippen LogP contribution in [0.15, 0.2) is 11.6 Å². The van der Waals surface area contributed by atoms with Crippen molar-refractivity contribution in [1.29, 1.82) is 0 Å². The Morgan fingerprint density at radius 3 is 2.27 bits per heavy atom. The molecule has 1 unspecified atom stereocenters. The van der Waals surface area contributed by atoms with Crippen LogP contribution in [-0.4, -0.2) is 13.1 Å². The number of allylic oxidation sites excluding steroid dienone is 2. The predicted octanol–water partition coefficient (Wildman–Crippen LogP) is 8.21. The summed E-state index contributed by atoms with van der Waals surface area (Å²) in [6.45, 7) is 17.6. The van der Waals surface area contributed by atoms with Gasteiger partial charge in [0.15, 0.2) is 0 Å². The van der Waals surface area contributed by atoms with E-state index in [0.29, 0.717) is 39.9 Å². The minimum Gasteiger partial charge on any atom is -0.469 e. The van der Waals surface area contributed by atoms with Crippen molar-refractivity contribution in [3.05, 3.63) is 11.6 Å². The van der Waals surface area contributed by atoms with Gasteiger partial charge in [-0.05, 0) is 109 Å². The average Bonchev–Trinajstić information content (AvgIpc) is 3.15. The Morgan fingerprint density at radius 1 is 0.909 bits per heavy atom. The van der Waals surface area contributed by atoms with Gasteiger partial charge in [-0.3, -0.25) is 4.79 Å². The molecular weight excluding hydrogens is 404 g/mol. The highest BCUT2D eigenvalue weighted by Gasteiger charge is 2.71. The molecule has 0 amide bonds. The summed E-state index contributed by atoms with van der Waals surface area (Å²) in [6.07, 6.45) is 15.4. The van der Waals surface area contributed by atoms with E-state index in [-0.39, 0.29) is 16.8 Å². The molecule has 0 N–H and O–H groups in total. The Kier molecular flexibility index (Phi) is 5.34. The molecule has 0 aliphatic heterocycles. The summed E-state index contributed by atoms with van der Waals surface area (Å²) >= 11 is 0. The fourth-order valence-corrected chi connectivity index (χ4v) is 11.4. The predicted molar refractivity (Wildman–Crippen MR) is 136 cm³/mol. The largest absolute Gasteiger partial charge is 0.469 e. The van der Waals surface area contributed by atoms with Crippen LogP contribution in [0.5, 0.6) is 0 Å². The molecule has 4 saturated carbocycles.